The molecule has 4 rings (SSSR count). The molecule has 2 amide bonds. The van der Waals surface area contributed by atoms with Crippen LogP contribution in [0.2, 0.25) is 0 Å². The van der Waals surface area contributed by atoms with E-state index in [1.54, 1.807) is 4.90 Å². The molecule has 6 heteroatoms. The number of nitrogens with zero attached hydrogens (tertiary/aromatic N) is 2. The first-order valence-electron chi connectivity index (χ1n) is 9.18. The molecule has 0 bridgehead atoms. The number of piperazine rings is 1. The fourth-order valence-electron chi connectivity index (χ4n) is 3.83. The van der Waals surface area contributed by atoms with Gasteiger partial charge >= 0.3 is 0 Å². The summed E-state index contributed by atoms with van der Waals surface area (Å²) in [5, 5.41) is 0. The van der Waals surface area contributed by atoms with E-state index < -0.39 is 17.5 Å². The van der Waals surface area contributed by atoms with Crippen molar-refractivity contribution < 1.29 is 18.4 Å². The van der Waals surface area contributed by atoms with Gasteiger partial charge in [0, 0.05) is 31.7 Å². The van der Waals surface area contributed by atoms with Crippen LogP contribution in [0.4, 0.5) is 8.78 Å². The Hall–Kier alpha value is -2.76. The van der Waals surface area contributed by atoms with E-state index >= 15 is 0 Å². The highest BCUT2D eigenvalue weighted by atomic mass is 19.1. The van der Waals surface area contributed by atoms with Crippen molar-refractivity contribution in [2.75, 3.05) is 26.2 Å². The lowest BCUT2D eigenvalue weighted by molar-refractivity contribution is 0.0532. The van der Waals surface area contributed by atoms with Crippen molar-refractivity contribution in [1.82, 2.24) is 9.80 Å². The van der Waals surface area contributed by atoms with E-state index in [0.717, 1.165) is 37.5 Å². The zero-order chi connectivity index (χ0) is 19.0. The third-order valence-electron chi connectivity index (χ3n) is 5.36. The third kappa shape index (κ3) is 3.44. The van der Waals surface area contributed by atoms with Crippen LogP contribution < -0.4 is 0 Å². The van der Waals surface area contributed by atoms with Gasteiger partial charge in [0.1, 0.15) is 11.6 Å². The highest BCUT2D eigenvalue weighted by molar-refractivity contribution is 5.96. The van der Waals surface area contributed by atoms with E-state index in [1.807, 2.05) is 18.2 Å². The van der Waals surface area contributed by atoms with Gasteiger partial charge in [0.2, 0.25) is 0 Å². The maximum atomic E-state index is 13.8. The first kappa shape index (κ1) is 17.6. The van der Waals surface area contributed by atoms with Gasteiger partial charge in [0.15, 0.2) is 0 Å². The molecule has 27 heavy (non-hydrogen) atoms. The molecule has 0 atom stereocenters. The number of halogens is 2. The van der Waals surface area contributed by atoms with Crippen LogP contribution >= 0.6 is 0 Å². The number of hydrogen-bond donors (Lipinski definition) is 0. The summed E-state index contributed by atoms with van der Waals surface area (Å²) >= 11 is 0. The number of amides is 2. The first-order valence-corrected chi connectivity index (χ1v) is 9.18. The number of benzene rings is 2. The molecular weight excluding hydrogens is 350 g/mol. The van der Waals surface area contributed by atoms with Gasteiger partial charge in [-0.2, -0.15) is 0 Å². The van der Waals surface area contributed by atoms with Gasteiger partial charge in [-0.1, -0.05) is 6.07 Å². The Bertz CT molecular complexity index is 905. The fraction of sp³-hybridized carbons (Fsp3) is 0.333. The Morgan fingerprint density at radius 3 is 2.19 bits per heavy atom. The number of rotatable bonds is 2. The van der Waals surface area contributed by atoms with Crippen LogP contribution in [-0.4, -0.2) is 47.8 Å². The number of fused-ring (bicyclic) bond motifs is 1. The molecule has 0 spiro atoms. The molecule has 0 unspecified atom stereocenters. The normalized spacial score (nSPS) is 16.4. The minimum Gasteiger partial charge on any atom is -0.335 e. The van der Waals surface area contributed by atoms with Crippen LogP contribution in [0.3, 0.4) is 0 Å². The molecule has 2 aromatic carbocycles. The second kappa shape index (κ2) is 7.10. The second-order valence-electron chi connectivity index (χ2n) is 7.05. The van der Waals surface area contributed by atoms with Crippen molar-refractivity contribution >= 4 is 11.8 Å². The second-order valence-corrected chi connectivity index (χ2v) is 7.05. The summed E-state index contributed by atoms with van der Waals surface area (Å²) in [6, 6.07) is 8.73. The first-order chi connectivity index (χ1) is 13.0. The highest BCUT2D eigenvalue weighted by Crippen LogP contribution is 2.24. The topological polar surface area (TPSA) is 40.6 Å². The van der Waals surface area contributed by atoms with Crippen molar-refractivity contribution in [3.63, 3.8) is 0 Å². The standard InChI is InChI=1S/C21H20F2N2O2/c22-17-6-7-19(23)18(13-17)21(27)25-10-8-24(9-11-25)20(26)16-5-4-14-2-1-3-15(14)12-16/h4-7,12-13H,1-3,8-11H2. The lowest BCUT2D eigenvalue weighted by Gasteiger charge is -2.35. The monoisotopic (exact) mass is 370 g/mol. The zero-order valence-electron chi connectivity index (χ0n) is 14.9. The summed E-state index contributed by atoms with van der Waals surface area (Å²) in [6.07, 6.45) is 3.21. The molecule has 1 aliphatic heterocycles. The summed E-state index contributed by atoms with van der Waals surface area (Å²) in [5.41, 5.74) is 2.97. The molecule has 2 aliphatic rings. The average Bonchev–Trinajstić information content (AvgIpc) is 3.16. The van der Waals surface area contributed by atoms with Gasteiger partial charge in [-0.25, -0.2) is 8.78 Å². The van der Waals surface area contributed by atoms with Crippen molar-refractivity contribution in [3.05, 3.63) is 70.3 Å². The van der Waals surface area contributed by atoms with Crippen molar-refractivity contribution in [3.8, 4) is 0 Å². The van der Waals surface area contributed by atoms with E-state index in [9.17, 15) is 18.4 Å². The Kier molecular flexibility index (Phi) is 4.64. The molecule has 0 saturated carbocycles. The molecule has 1 aliphatic carbocycles. The molecule has 1 heterocycles. The number of carbonyl (C=O) groups is 2. The maximum Gasteiger partial charge on any atom is 0.257 e. The Balaban J connectivity index is 1.42. The molecule has 4 nitrogen and oxygen atoms in total. The molecule has 0 aromatic heterocycles. The van der Waals surface area contributed by atoms with Gasteiger partial charge in [0.05, 0.1) is 5.56 Å². The smallest absolute Gasteiger partial charge is 0.257 e. The largest absolute Gasteiger partial charge is 0.335 e. The van der Waals surface area contributed by atoms with Crippen molar-refractivity contribution in [2.45, 2.75) is 19.3 Å². The van der Waals surface area contributed by atoms with E-state index in [2.05, 4.69) is 0 Å². The molecule has 0 N–H and O–H groups in total. The van der Waals surface area contributed by atoms with Gasteiger partial charge in [-0.3, -0.25) is 9.59 Å². The van der Waals surface area contributed by atoms with Crippen LogP contribution in [0.1, 0.15) is 38.3 Å². The fourth-order valence-corrected chi connectivity index (χ4v) is 3.83. The van der Waals surface area contributed by atoms with E-state index in [1.165, 1.54) is 16.0 Å². The lowest BCUT2D eigenvalue weighted by Crippen LogP contribution is -2.50. The van der Waals surface area contributed by atoms with E-state index in [4.69, 9.17) is 0 Å². The SMILES string of the molecule is O=C(c1ccc2c(c1)CCC2)N1CCN(C(=O)c2cc(F)ccc2F)CC1. The third-order valence-corrected chi connectivity index (χ3v) is 5.36. The minimum atomic E-state index is -0.738. The summed E-state index contributed by atoms with van der Waals surface area (Å²) in [7, 11) is 0. The molecule has 1 fully saturated rings. The summed E-state index contributed by atoms with van der Waals surface area (Å²) < 4.78 is 27.2. The van der Waals surface area contributed by atoms with E-state index in [0.29, 0.717) is 31.7 Å². The molecular formula is C21H20F2N2O2. The summed E-state index contributed by atoms with van der Waals surface area (Å²) in [5.74, 6) is -1.98. The molecule has 140 valence electrons. The van der Waals surface area contributed by atoms with Gasteiger partial charge in [-0.05, 0) is 60.7 Å². The number of aryl methyl sites for hydroxylation is 2. The molecule has 1 saturated heterocycles. The lowest BCUT2D eigenvalue weighted by atomic mass is 10.1. The van der Waals surface area contributed by atoms with Crippen LogP contribution in [0, 0.1) is 11.6 Å². The Morgan fingerprint density at radius 2 is 1.44 bits per heavy atom. The molecule has 2 aromatic rings. The number of hydrogen-bond acceptors (Lipinski definition) is 2. The molecule has 0 radical (unpaired) electrons. The van der Waals surface area contributed by atoms with Crippen molar-refractivity contribution in [2.24, 2.45) is 0 Å². The van der Waals surface area contributed by atoms with Gasteiger partial charge in [-0.15, -0.1) is 0 Å². The minimum absolute atomic E-state index is 0.0475. The van der Waals surface area contributed by atoms with Crippen molar-refractivity contribution in [1.29, 1.82) is 0 Å². The Morgan fingerprint density at radius 1 is 0.778 bits per heavy atom. The maximum absolute atomic E-state index is 13.8. The summed E-state index contributed by atoms with van der Waals surface area (Å²) in [4.78, 5) is 28.4. The van der Waals surface area contributed by atoms with Gasteiger partial charge in [0.25, 0.3) is 11.8 Å². The zero-order valence-corrected chi connectivity index (χ0v) is 14.9. The Labute approximate surface area is 156 Å². The van der Waals surface area contributed by atoms with Crippen LogP contribution in [0.15, 0.2) is 36.4 Å². The number of carbonyl (C=O) groups excluding carboxylic acids is 2. The average molecular weight is 370 g/mol. The van der Waals surface area contributed by atoms with Gasteiger partial charge < -0.3 is 9.80 Å². The highest BCUT2D eigenvalue weighted by Gasteiger charge is 2.27. The van der Waals surface area contributed by atoms with Crippen LogP contribution in [0.5, 0.6) is 0 Å². The quantitative estimate of drug-likeness (QED) is 0.815. The van der Waals surface area contributed by atoms with E-state index in [-0.39, 0.29) is 11.5 Å². The van der Waals surface area contributed by atoms with Crippen LogP contribution in [0.25, 0.3) is 0 Å². The predicted molar refractivity (Wildman–Crippen MR) is 96.6 cm³/mol. The predicted octanol–water partition coefficient (Wildman–Crippen LogP) is 3.05. The van der Waals surface area contributed by atoms with Crippen LogP contribution in [-0.2, 0) is 12.8 Å². The summed E-state index contributed by atoms with van der Waals surface area (Å²) in [6.45, 7) is 1.34.